The van der Waals surface area contributed by atoms with E-state index in [9.17, 15) is 0 Å². The van der Waals surface area contributed by atoms with Crippen molar-refractivity contribution in [2.75, 3.05) is 6.54 Å². The molecule has 0 atom stereocenters. The normalized spacial score (nSPS) is 11.5. The third-order valence-electron chi connectivity index (χ3n) is 5.24. The lowest BCUT2D eigenvalue weighted by Gasteiger charge is -2.08. The second-order valence-electron chi connectivity index (χ2n) is 7.47. The molecule has 2 rings (SSSR count). The molecule has 0 aliphatic carbocycles. The lowest BCUT2D eigenvalue weighted by Crippen LogP contribution is -2.03. The highest BCUT2D eigenvalue weighted by Gasteiger charge is 2.11. The molecule has 0 saturated carbocycles. The zero-order valence-corrected chi connectivity index (χ0v) is 16.6. The lowest BCUT2D eigenvalue weighted by atomic mass is 10.1. The van der Waals surface area contributed by atoms with E-state index in [4.69, 9.17) is 10.7 Å². The van der Waals surface area contributed by atoms with Gasteiger partial charge in [0.25, 0.3) is 0 Å². The summed E-state index contributed by atoms with van der Waals surface area (Å²) in [4.78, 5) is 4.95. The fourth-order valence-electron chi connectivity index (χ4n) is 3.58. The number of nitrogens with zero attached hydrogens (tertiary/aromatic N) is 2. The van der Waals surface area contributed by atoms with E-state index >= 15 is 0 Å². The fourth-order valence-corrected chi connectivity index (χ4v) is 3.58. The Morgan fingerprint density at radius 1 is 0.880 bits per heavy atom. The number of aryl methyl sites for hydroxylation is 4. The average molecular weight is 344 g/mol. The molecule has 0 fully saturated rings. The molecule has 2 N–H and O–H groups in total. The van der Waals surface area contributed by atoms with Crippen LogP contribution in [0, 0.1) is 13.8 Å². The molecule has 2 aromatic rings. The van der Waals surface area contributed by atoms with Crippen LogP contribution in [0.3, 0.4) is 0 Å². The quantitative estimate of drug-likeness (QED) is 0.503. The van der Waals surface area contributed by atoms with E-state index in [-0.39, 0.29) is 0 Å². The standard InChI is InChI=1S/C22H37N3/c1-4-15-25-21-17-19(3)18(2)16-20(21)24-22(25)13-11-9-7-5-6-8-10-12-14-23/h16-17H,4-15,23H2,1-3H3. The van der Waals surface area contributed by atoms with Gasteiger partial charge in [-0.25, -0.2) is 4.98 Å². The first kappa shape index (κ1) is 20.0. The Labute approximate surface area is 154 Å². The molecular weight excluding hydrogens is 306 g/mol. The fraction of sp³-hybridized carbons (Fsp3) is 0.682. The molecule has 3 nitrogen and oxygen atoms in total. The van der Waals surface area contributed by atoms with Gasteiger partial charge in [-0.1, -0.05) is 45.4 Å². The van der Waals surface area contributed by atoms with Crippen LogP contribution in [-0.2, 0) is 13.0 Å². The van der Waals surface area contributed by atoms with Crippen molar-refractivity contribution in [3.63, 3.8) is 0 Å². The van der Waals surface area contributed by atoms with Gasteiger partial charge in [0.05, 0.1) is 11.0 Å². The minimum Gasteiger partial charge on any atom is -0.330 e. The predicted molar refractivity (Wildman–Crippen MR) is 109 cm³/mol. The summed E-state index contributed by atoms with van der Waals surface area (Å²) in [6.45, 7) is 8.56. The van der Waals surface area contributed by atoms with Crippen molar-refractivity contribution in [1.82, 2.24) is 9.55 Å². The Morgan fingerprint density at radius 3 is 2.12 bits per heavy atom. The number of fused-ring (bicyclic) bond motifs is 1. The lowest BCUT2D eigenvalue weighted by molar-refractivity contribution is 0.559. The molecule has 3 heteroatoms. The third kappa shape index (κ3) is 5.85. The molecule has 0 amide bonds. The van der Waals surface area contributed by atoms with Crippen LogP contribution in [0.15, 0.2) is 12.1 Å². The van der Waals surface area contributed by atoms with Gasteiger partial charge in [-0.15, -0.1) is 0 Å². The maximum Gasteiger partial charge on any atom is 0.109 e. The van der Waals surface area contributed by atoms with Crippen molar-refractivity contribution in [2.45, 2.75) is 91.5 Å². The van der Waals surface area contributed by atoms with Crippen LogP contribution in [0.1, 0.15) is 81.7 Å². The van der Waals surface area contributed by atoms with Crippen molar-refractivity contribution in [2.24, 2.45) is 5.73 Å². The first-order valence-electron chi connectivity index (χ1n) is 10.3. The summed E-state index contributed by atoms with van der Waals surface area (Å²) < 4.78 is 2.45. The summed E-state index contributed by atoms with van der Waals surface area (Å²) in [5, 5.41) is 0. The molecular formula is C22H37N3. The Balaban J connectivity index is 1.85. The summed E-state index contributed by atoms with van der Waals surface area (Å²) >= 11 is 0. The minimum atomic E-state index is 0.845. The number of aromatic nitrogens is 2. The van der Waals surface area contributed by atoms with Gasteiger partial charge in [0, 0.05) is 13.0 Å². The monoisotopic (exact) mass is 343 g/mol. The maximum atomic E-state index is 5.53. The number of hydrogen-bond donors (Lipinski definition) is 1. The van der Waals surface area contributed by atoms with Crippen LogP contribution in [-0.4, -0.2) is 16.1 Å². The second kappa shape index (κ2) is 10.6. The van der Waals surface area contributed by atoms with E-state index in [1.807, 2.05) is 0 Å². The van der Waals surface area contributed by atoms with Crippen molar-refractivity contribution in [3.05, 3.63) is 29.1 Å². The molecule has 1 aromatic carbocycles. The molecule has 25 heavy (non-hydrogen) atoms. The van der Waals surface area contributed by atoms with Gasteiger partial charge in [-0.3, -0.25) is 0 Å². The Bertz CT molecular complexity index is 642. The van der Waals surface area contributed by atoms with E-state index in [2.05, 4.69) is 37.5 Å². The van der Waals surface area contributed by atoms with Crippen molar-refractivity contribution in [1.29, 1.82) is 0 Å². The van der Waals surface area contributed by atoms with Crippen molar-refractivity contribution < 1.29 is 0 Å². The summed E-state index contributed by atoms with van der Waals surface area (Å²) in [5.74, 6) is 1.28. The van der Waals surface area contributed by atoms with Gasteiger partial charge in [-0.2, -0.15) is 0 Å². The SMILES string of the molecule is CCCn1c(CCCCCCCCCCN)nc2cc(C)c(C)cc21. The molecule has 1 heterocycles. The molecule has 1 aromatic heterocycles. The molecule has 0 unspecified atom stereocenters. The van der Waals surface area contributed by atoms with Gasteiger partial charge in [0.15, 0.2) is 0 Å². The van der Waals surface area contributed by atoms with E-state index in [1.54, 1.807) is 0 Å². The van der Waals surface area contributed by atoms with Crippen molar-refractivity contribution in [3.8, 4) is 0 Å². The van der Waals surface area contributed by atoms with Crippen LogP contribution < -0.4 is 5.73 Å². The number of hydrogen-bond acceptors (Lipinski definition) is 2. The molecule has 0 saturated heterocycles. The largest absolute Gasteiger partial charge is 0.330 e. The second-order valence-corrected chi connectivity index (χ2v) is 7.47. The molecule has 0 spiro atoms. The molecule has 140 valence electrons. The number of imidazole rings is 1. The van der Waals surface area contributed by atoms with Crippen LogP contribution in [0.2, 0.25) is 0 Å². The van der Waals surface area contributed by atoms with Crippen LogP contribution >= 0.6 is 0 Å². The number of benzene rings is 1. The summed E-state index contributed by atoms with van der Waals surface area (Å²) in [5.41, 5.74) is 10.7. The topological polar surface area (TPSA) is 43.8 Å². The summed E-state index contributed by atoms with van der Waals surface area (Å²) in [7, 11) is 0. The smallest absolute Gasteiger partial charge is 0.109 e. The predicted octanol–water partition coefficient (Wildman–Crippen LogP) is 5.69. The first-order valence-corrected chi connectivity index (χ1v) is 10.3. The zero-order chi connectivity index (χ0) is 18.1. The van der Waals surface area contributed by atoms with E-state index < -0.39 is 0 Å². The van der Waals surface area contributed by atoms with Crippen LogP contribution in [0.4, 0.5) is 0 Å². The van der Waals surface area contributed by atoms with Gasteiger partial charge >= 0.3 is 0 Å². The molecule has 0 aliphatic rings. The summed E-state index contributed by atoms with van der Waals surface area (Å²) in [6, 6.07) is 4.57. The zero-order valence-electron chi connectivity index (χ0n) is 16.6. The van der Waals surface area contributed by atoms with Crippen LogP contribution in [0.25, 0.3) is 11.0 Å². The number of rotatable bonds is 12. The Morgan fingerprint density at radius 2 is 1.48 bits per heavy atom. The number of nitrogens with two attached hydrogens (primary N) is 1. The van der Waals surface area contributed by atoms with E-state index in [0.29, 0.717) is 0 Å². The highest BCUT2D eigenvalue weighted by Crippen LogP contribution is 2.22. The van der Waals surface area contributed by atoms with Gasteiger partial charge in [0.1, 0.15) is 5.82 Å². The Hall–Kier alpha value is -1.35. The minimum absolute atomic E-state index is 0.845. The van der Waals surface area contributed by atoms with Gasteiger partial charge in [-0.05, 0) is 62.9 Å². The van der Waals surface area contributed by atoms with Crippen LogP contribution in [0.5, 0.6) is 0 Å². The molecule has 0 aliphatic heterocycles. The molecule has 0 bridgehead atoms. The average Bonchev–Trinajstić information content (AvgIpc) is 2.91. The van der Waals surface area contributed by atoms with Gasteiger partial charge in [0.2, 0.25) is 0 Å². The highest BCUT2D eigenvalue weighted by molar-refractivity contribution is 5.78. The van der Waals surface area contributed by atoms with E-state index in [0.717, 1.165) is 25.9 Å². The number of unbranched alkanes of at least 4 members (excludes halogenated alkanes) is 7. The highest BCUT2D eigenvalue weighted by atomic mass is 15.1. The maximum absolute atomic E-state index is 5.53. The first-order chi connectivity index (χ1) is 12.2. The van der Waals surface area contributed by atoms with E-state index in [1.165, 1.54) is 79.4 Å². The molecule has 0 radical (unpaired) electrons. The Kier molecular flexibility index (Phi) is 8.47. The summed E-state index contributed by atoms with van der Waals surface area (Å²) in [6.07, 6.45) is 12.8. The third-order valence-corrected chi connectivity index (χ3v) is 5.24. The van der Waals surface area contributed by atoms with Crippen molar-refractivity contribution >= 4 is 11.0 Å². The van der Waals surface area contributed by atoms with Gasteiger partial charge < -0.3 is 10.3 Å².